The predicted molar refractivity (Wildman–Crippen MR) is 159 cm³/mol. The van der Waals surface area contributed by atoms with E-state index in [4.69, 9.17) is 29.1 Å². The first kappa shape index (κ1) is 32.3. The number of phenols is 1. The van der Waals surface area contributed by atoms with Crippen molar-refractivity contribution in [2.45, 2.75) is 71.2 Å². The van der Waals surface area contributed by atoms with Gasteiger partial charge in [0.15, 0.2) is 23.6 Å². The summed E-state index contributed by atoms with van der Waals surface area (Å²) < 4.78 is 27.9. The van der Waals surface area contributed by atoms with Crippen molar-refractivity contribution in [1.29, 1.82) is 0 Å². The van der Waals surface area contributed by atoms with E-state index in [0.717, 1.165) is 5.57 Å². The Morgan fingerprint density at radius 2 is 1.86 bits per heavy atom. The average molecular weight is 613 g/mol. The number of amides is 2. The molecule has 4 atom stereocenters. The summed E-state index contributed by atoms with van der Waals surface area (Å²) in [6, 6.07) is 7.12. The van der Waals surface area contributed by atoms with Crippen LogP contribution in [0, 0.1) is 6.92 Å². The smallest absolute Gasteiger partial charge is 0.404 e. The van der Waals surface area contributed by atoms with Gasteiger partial charge in [-0.25, -0.2) is 9.59 Å². The Hall–Kier alpha value is -4.59. The fraction of sp³-hybridized carbons (Fsp3) is 0.387. The SMILES string of the molecule is CO[C@H]1[C@@H](OC(N)=O)[C@H](O)[C@@H](Oc2ccc3c(O)c(NC(=O)c4ccc(O)c(CC=C(C)C)c4)c(=O)oc3c2C)OC1(C)C. The highest BCUT2D eigenvalue weighted by Gasteiger charge is 2.53. The van der Waals surface area contributed by atoms with Gasteiger partial charge in [0, 0.05) is 18.2 Å². The van der Waals surface area contributed by atoms with Crippen LogP contribution in [0.3, 0.4) is 0 Å². The van der Waals surface area contributed by atoms with Crippen LogP contribution in [0.1, 0.15) is 49.2 Å². The van der Waals surface area contributed by atoms with Crippen LogP contribution in [0.2, 0.25) is 0 Å². The Labute approximate surface area is 252 Å². The molecule has 1 aromatic heterocycles. The van der Waals surface area contributed by atoms with Crippen molar-refractivity contribution in [2.75, 3.05) is 12.4 Å². The lowest BCUT2D eigenvalue weighted by molar-refractivity contribution is -0.304. The maximum absolute atomic E-state index is 13.0. The first-order valence-electron chi connectivity index (χ1n) is 13.7. The molecule has 0 bridgehead atoms. The number of allylic oxidation sites excluding steroid dienone is 2. The maximum atomic E-state index is 13.0. The van der Waals surface area contributed by atoms with Gasteiger partial charge in [0.1, 0.15) is 23.2 Å². The van der Waals surface area contributed by atoms with E-state index in [9.17, 15) is 29.7 Å². The number of hydrogen-bond acceptors (Lipinski definition) is 11. The molecule has 0 unspecified atom stereocenters. The van der Waals surface area contributed by atoms with Crippen LogP contribution in [-0.2, 0) is 20.6 Å². The number of hydrogen-bond donors (Lipinski definition) is 5. The van der Waals surface area contributed by atoms with Crippen molar-refractivity contribution in [2.24, 2.45) is 5.73 Å². The number of fused-ring (bicyclic) bond motifs is 1. The molecule has 0 saturated carbocycles. The van der Waals surface area contributed by atoms with Crippen molar-refractivity contribution in [3.05, 3.63) is 69.1 Å². The highest BCUT2D eigenvalue weighted by Crippen LogP contribution is 2.38. The van der Waals surface area contributed by atoms with Gasteiger partial charge in [-0.05, 0) is 76.9 Å². The Balaban J connectivity index is 1.63. The van der Waals surface area contributed by atoms with E-state index in [-0.39, 0.29) is 33.6 Å². The summed E-state index contributed by atoms with van der Waals surface area (Å²) >= 11 is 0. The molecule has 3 aromatic rings. The zero-order valence-electron chi connectivity index (χ0n) is 25.2. The van der Waals surface area contributed by atoms with Gasteiger partial charge in [-0.15, -0.1) is 0 Å². The van der Waals surface area contributed by atoms with E-state index in [1.54, 1.807) is 20.8 Å². The molecule has 0 radical (unpaired) electrons. The molecule has 1 saturated heterocycles. The summed E-state index contributed by atoms with van der Waals surface area (Å²) in [7, 11) is 1.37. The highest BCUT2D eigenvalue weighted by atomic mass is 16.7. The number of benzene rings is 2. The minimum absolute atomic E-state index is 0.0183. The highest BCUT2D eigenvalue weighted by molar-refractivity contribution is 6.06. The Morgan fingerprint density at radius 1 is 1.16 bits per heavy atom. The van der Waals surface area contributed by atoms with Crippen LogP contribution in [-0.4, -0.2) is 64.6 Å². The second-order valence-electron chi connectivity index (χ2n) is 11.2. The van der Waals surface area contributed by atoms with Gasteiger partial charge in [-0.3, -0.25) is 4.79 Å². The normalized spacial score (nSPS) is 21.0. The number of phenolic OH excluding ortho intramolecular Hbond substituents is 1. The Morgan fingerprint density at radius 3 is 2.50 bits per heavy atom. The van der Waals surface area contributed by atoms with E-state index < -0.39 is 59.3 Å². The summed E-state index contributed by atoms with van der Waals surface area (Å²) in [6.45, 7) is 8.69. The quantitative estimate of drug-likeness (QED) is 0.184. The number of nitrogens with one attached hydrogen (secondary N) is 1. The number of methoxy groups -OCH3 is 1. The average Bonchev–Trinajstić information content (AvgIpc) is 2.94. The number of ether oxygens (including phenoxy) is 4. The number of aliphatic hydroxyl groups excluding tert-OH is 1. The van der Waals surface area contributed by atoms with Crippen molar-refractivity contribution < 1.29 is 48.3 Å². The molecule has 2 heterocycles. The van der Waals surface area contributed by atoms with Crippen LogP contribution in [0.5, 0.6) is 17.2 Å². The molecule has 4 rings (SSSR count). The molecule has 44 heavy (non-hydrogen) atoms. The molecule has 236 valence electrons. The summed E-state index contributed by atoms with van der Waals surface area (Å²) in [5, 5.41) is 34.6. The third-order valence-corrected chi connectivity index (χ3v) is 7.33. The molecule has 6 N–H and O–H groups in total. The largest absolute Gasteiger partial charge is 0.508 e. The molecule has 13 nitrogen and oxygen atoms in total. The zero-order chi connectivity index (χ0) is 32.5. The second kappa shape index (κ2) is 12.6. The lowest BCUT2D eigenvalue weighted by atomic mass is 9.89. The van der Waals surface area contributed by atoms with E-state index in [0.29, 0.717) is 12.0 Å². The van der Waals surface area contributed by atoms with Gasteiger partial charge in [0.25, 0.3) is 5.91 Å². The Kier molecular flexibility index (Phi) is 9.23. The van der Waals surface area contributed by atoms with Crippen LogP contribution < -0.4 is 21.4 Å². The minimum atomic E-state index is -1.52. The van der Waals surface area contributed by atoms with Gasteiger partial charge in [0.05, 0.1) is 11.0 Å². The topological polar surface area (TPSA) is 200 Å². The third-order valence-electron chi connectivity index (χ3n) is 7.33. The zero-order valence-corrected chi connectivity index (χ0v) is 25.2. The first-order chi connectivity index (χ1) is 20.6. The summed E-state index contributed by atoms with van der Waals surface area (Å²) in [5.41, 5.74) is 4.54. The van der Waals surface area contributed by atoms with Crippen molar-refractivity contribution in [1.82, 2.24) is 0 Å². The number of aliphatic hydroxyl groups is 1. The summed E-state index contributed by atoms with van der Waals surface area (Å²) in [6.07, 6.45) is -3.81. The molecular formula is C31H36N2O11. The first-order valence-corrected chi connectivity index (χ1v) is 13.7. The van der Waals surface area contributed by atoms with E-state index in [2.05, 4.69) is 5.32 Å². The standard InChI is InChI=1S/C31H36N2O11/c1-14(2)7-8-16-13-17(9-11-19(16)34)27(37)33-21-22(35)18-10-12-20(15(3)24(18)42-28(21)38)41-29-23(36)25(43-30(32)39)26(40-6)31(4,5)44-29/h7,9-13,23,25-26,29,34-36H,8H2,1-6H3,(H2,32,39)(H,33,37)/t23-,25-,26-,29-/m0/s1. The fourth-order valence-electron chi connectivity index (χ4n) is 5.06. The summed E-state index contributed by atoms with van der Waals surface area (Å²) in [4.78, 5) is 37.5. The lowest BCUT2D eigenvalue weighted by Crippen LogP contribution is -2.65. The monoisotopic (exact) mass is 612 g/mol. The molecule has 13 heteroatoms. The molecule has 0 spiro atoms. The third kappa shape index (κ3) is 6.49. The predicted octanol–water partition coefficient (Wildman–Crippen LogP) is 3.63. The maximum Gasteiger partial charge on any atom is 0.404 e. The molecule has 2 aromatic carbocycles. The van der Waals surface area contributed by atoms with Crippen molar-refractivity contribution in [3.63, 3.8) is 0 Å². The van der Waals surface area contributed by atoms with Crippen LogP contribution in [0.25, 0.3) is 11.0 Å². The fourth-order valence-corrected chi connectivity index (χ4v) is 5.06. The number of primary amides is 1. The number of aromatic hydroxyl groups is 2. The Bertz CT molecular complexity index is 1670. The second-order valence-corrected chi connectivity index (χ2v) is 11.2. The number of aryl methyl sites for hydroxylation is 1. The lowest BCUT2D eigenvalue weighted by Gasteiger charge is -2.47. The molecule has 1 aliphatic rings. The molecule has 1 aliphatic heterocycles. The van der Waals surface area contributed by atoms with Gasteiger partial charge >= 0.3 is 11.7 Å². The van der Waals surface area contributed by atoms with Gasteiger partial charge in [0.2, 0.25) is 6.29 Å². The number of carbonyl (C=O) groups excluding carboxylic acids is 2. The number of carbonyl (C=O) groups is 2. The van der Waals surface area contributed by atoms with E-state index in [1.165, 1.54) is 37.4 Å². The van der Waals surface area contributed by atoms with E-state index >= 15 is 0 Å². The van der Waals surface area contributed by atoms with Crippen LogP contribution in [0.4, 0.5) is 10.5 Å². The molecule has 0 aliphatic carbocycles. The molecular weight excluding hydrogens is 576 g/mol. The van der Waals surface area contributed by atoms with Gasteiger partial charge in [-0.2, -0.15) is 0 Å². The number of nitrogens with two attached hydrogens (primary N) is 1. The van der Waals surface area contributed by atoms with Gasteiger partial charge in [-0.1, -0.05) is 11.6 Å². The number of rotatable bonds is 8. The number of anilines is 1. The summed E-state index contributed by atoms with van der Waals surface area (Å²) in [5.74, 6) is -1.09. The molecule has 1 fully saturated rings. The van der Waals surface area contributed by atoms with Crippen LogP contribution in [0.15, 0.2) is 51.2 Å². The molecule has 2 amide bonds. The van der Waals surface area contributed by atoms with Crippen molar-refractivity contribution in [3.8, 4) is 17.2 Å². The van der Waals surface area contributed by atoms with Crippen molar-refractivity contribution >= 4 is 28.7 Å². The van der Waals surface area contributed by atoms with E-state index in [1.807, 2.05) is 19.9 Å². The minimum Gasteiger partial charge on any atom is -0.508 e. The van der Waals surface area contributed by atoms with Gasteiger partial charge < -0.3 is 49.7 Å². The van der Waals surface area contributed by atoms with Crippen LogP contribution >= 0.6 is 0 Å².